The van der Waals surface area contributed by atoms with Gasteiger partial charge in [0.15, 0.2) is 0 Å². The van der Waals surface area contributed by atoms with Crippen LogP contribution in [-0.4, -0.2) is 24.5 Å². The number of hydrogen-bond donors (Lipinski definition) is 1. The number of hydrogen-bond acceptors (Lipinski definition) is 4. The van der Waals surface area contributed by atoms with Crippen LogP contribution in [-0.2, 0) is 16.0 Å². The van der Waals surface area contributed by atoms with Gasteiger partial charge in [-0.3, -0.25) is 14.9 Å². The molecule has 0 atom stereocenters. The average molecular weight is 374 g/mol. The maximum Gasteiger partial charge on any atom is 0.335 e. The van der Waals surface area contributed by atoms with E-state index in [4.69, 9.17) is 11.2 Å². The van der Waals surface area contributed by atoms with Gasteiger partial charge in [-0.15, -0.1) is 6.42 Å². The molecule has 0 spiro atoms. The first-order chi connectivity index (χ1) is 13.5. The third kappa shape index (κ3) is 3.94. The zero-order valence-corrected chi connectivity index (χ0v) is 15.3. The smallest absolute Gasteiger partial charge is 0.335 e. The van der Waals surface area contributed by atoms with Crippen LogP contribution in [0, 0.1) is 12.3 Å². The molecule has 4 amide bonds. The Labute approximate surface area is 162 Å². The van der Waals surface area contributed by atoms with E-state index in [-0.39, 0.29) is 12.2 Å². The van der Waals surface area contributed by atoms with Crippen LogP contribution in [0.4, 0.5) is 10.5 Å². The van der Waals surface area contributed by atoms with Crippen molar-refractivity contribution in [2.75, 3.05) is 11.5 Å². The van der Waals surface area contributed by atoms with Crippen LogP contribution in [0.25, 0.3) is 6.08 Å². The molecule has 0 aromatic heterocycles. The van der Waals surface area contributed by atoms with E-state index < -0.39 is 17.8 Å². The number of imide groups is 2. The van der Waals surface area contributed by atoms with E-state index >= 15 is 0 Å². The van der Waals surface area contributed by atoms with Crippen LogP contribution in [0.5, 0.6) is 5.75 Å². The topological polar surface area (TPSA) is 75.7 Å². The number of nitrogens with one attached hydrogen (secondary N) is 1. The highest BCUT2D eigenvalue weighted by Gasteiger charge is 2.36. The van der Waals surface area contributed by atoms with Crippen molar-refractivity contribution in [1.29, 1.82) is 0 Å². The lowest BCUT2D eigenvalue weighted by Crippen LogP contribution is -2.54. The Morgan fingerprint density at radius 2 is 1.89 bits per heavy atom. The molecule has 2 aromatic rings. The molecule has 28 heavy (non-hydrogen) atoms. The van der Waals surface area contributed by atoms with Crippen molar-refractivity contribution in [3.8, 4) is 18.1 Å². The van der Waals surface area contributed by atoms with Gasteiger partial charge in [0.25, 0.3) is 11.8 Å². The van der Waals surface area contributed by atoms with Crippen LogP contribution in [0.15, 0.2) is 54.1 Å². The van der Waals surface area contributed by atoms with E-state index in [9.17, 15) is 14.4 Å². The van der Waals surface area contributed by atoms with Gasteiger partial charge < -0.3 is 4.74 Å². The van der Waals surface area contributed by atoms with Gasteiger partial charge in [0, 0.05) is 0 Å². The number of ether oxygens (including phenoxy) is 1. The maximum atomic E-state index is 12.9. The van der Waals surface area contributed by atoms with Gasteiger partial charge in [-0.2, -0.15) is 0 Å². The number of urea groups is 1. The third-order valence-electron chi connectivity index (χ3n) is 4.20. The third-order valence-corrected chi connectivity index (χ3v) is 4.20. The number of carbonyl (C=O) groups excluding carboxylic acids is 3. The molecular formula is C22H18N2O4. The number of barbiturate groups is 1. The minimum Gasteiger partial charge on any atom is -0.481 e. The minimum absolute atomic E-state index is 0.107. The van der Waals surface area contributed by atoms with Gasteiger partial charge in [-0.05, 0) is 47.9 Å². The van der Waals surface area contributed by atoms with Crippen molar-refractivity contribution in [3.63, 3.8) is 0 Å². The first kappa shape index (κ1) is 18.9. The second kappa shape index (κ2) is 8.23. The normalized spacial score (nSPS) is 15.4. The van der Waals surface area contributed by atoms with Crippen molar-refractivity contribution in [3.05, 3.63) is 65.2 Å². The van der Waals surface area contributed by atoms with E-state index in [0.717, 1.165) is 16.9 Å². The first-order valence-corrected chi connectivity index (χ1v) is 8.70. The summed E-state index contributed by atoms with van der Waals surface area (Å²) in [4.78, 5) is 38.3. The fourth-order valence-corrected chi connectivity index (χ4v) is 2.76. The number of rotatable bonds is 5. The molecule has 0 saturated carbocycles. The number of amides is 4. The summed E-state index contributed by atoms with van der Waals surface area (Å²) >= 11 is 0. The summed E-state index contributed by atoms with van der Waals surface area (Å²) in [5.74, 6) is 1.45. The molecule has 1 saturated heterocycles. The summed E-state index contributed by atoms with van der Waals surface area (Å²) in [6.07, 6.45) is 7.43. The van der Waals surface area contributed by atoms with Crippen molar-refractivity contribution in [2.24, 2.45) is 0 Å². The molecule has 0 unspecified atom stereocenters. The van der Waals surface area contributed by atoms with Gasteiger partial charge in [-0.25, -0.2) is 9.69 Å². The Hall–Kier alpha value is -3.85. The number of aryl methyl sites for hydroxylation is 1. The van der Waals surface area contributed by atoms with Crippen molar-refractivity contribution in [1.82, 2.24) is 5.32 Å². The number of anilines is 1. The van der Waals surface area contributed by atoms with Crippen LogP contribution in [0.2, 0.25) is 0 Å². The summed E-state index contributed by atoms with van der Waals surface area (Å²) < 4.78 is 5.35. The molecule has 1 aliphatic heterocycles. The molecule has 0 bridgehead atoms. The van der Waals surface area contributed by atoms with E-state index in [1.807, 2.05) is 19.1 Å². The number of terminal acetylenes is 1. The summed E-state index contributed by atoms with van der Waals surface area (Å²) in [6.45, 7) is 2.12. The highest BCUT2D eigenvalue weighted by Crippen LogP contribution is 2.23. The number of nitrogens with zero attached hydrogens (tertiary/aromatic N) is 1. The summed E-state index contributed by atoms with van der Waals surface area (Å²) in [5.41, 5.74) is 1.89. The number of carbonyl (C=O) groups is 3. The minimum atomic E-state index is -0.775. The van der Waals surface area contributed by atoms with E-state index in [0.29, 0.717) is 17.0 Å². The second-order valence-electron chi connectivity index (χ2n) is 6.04. The van der Waals surface area contributed by atoms with Crippen LogP contribution in [0.3, 0.4) is 0 Å². The monoisotopic (exact) mass is 374 g/mol. The Balaban J connectivity index is 1.93. The fraction of sp³-hybridized carbons (Fsp3) is 0.136. The van der Waals surface area contributed by atoms with E-state index in [2.05, 4.69) is 11.2 Å². The zero-order valence-electron chi connectivity index (χ0n) is 15.3. The predicted octanol–water partition coefficient (Wildman–Crippen LogP) is 2.93. The highest BCUT2D eigenvalue weighted by atomic mass is 16.5. The lowest BCUT2D eigenvalue weighted by Gasteiger charge is -2.26. The van der Waals surface area contributed by atoms with Gasteiger partial charge in [0.2, 0.25) is 0 Å². The highest BCUT2D eigenvalue weighted by molar-refractivity contribution is 6.39. The van der Waals surface area contributed by atoms with E-state index in [1.165, 1.54) is 6.08 Å². The molecule has 6 nitrogen and oxygen atoms in total. The SMILES string of the molecule is C#CCOc1cccc(/C=C2/C(=O)NC(=O)N(c3ccc(CC)cc3)C2=O)c1. The molecule has 1 aliphatic rings. The molecule has 1 heterocycles. The van der Waals surface area contributed by atoms with Gasteiger partial charge in [-0.1, -0.05) is 37.1 Å². The molecule has 0 aliphatic carbocycles. The maximum absolute atomic E-state index is 12.9. The van der Waals surface area contributed by atoms with Crippen LogP contribution >= 0.6 is 0 Å². The van der Waals surface area contributed by atoms with Gasteiger partial charge in [0.1, 0.15) is 17.9 Å². The number of benzene rings is 2. The predicted molar refractivity (Wildman–Crippen MR) is 106 cm³/mol. The summed E-state index contributed by atoms with van der Waals surface area (Å²) in [7, 11) is 0. The Bertz CT molecular complexity index is 1000. The standard InChI is InChI=1S/C22H18N2O4/c1-3-12-28-18-7-5-6-16(13-18)14-19-20(25)23-22(27)24(21(19)26)17-10-8-15(4-2)9-11-17/h1,5-11,13-14H,4,12H2,2H3,(H,23,25,27)/b19-14-. The molecule has 6 heteroatoms. The average Bonchev–Trinajstić information content (AvgIpc) is 2.70. The molecule has 140 valence electrons. The van der Waals surface area contributed by atoms with Crippen molar-refractivity contribution < 1.29 is 19.1 Å². The molecule has 1 fully saturated rings. The first-order valence-electron chi connectivity index (χ1n) is 8.70. The lowest BCUT2D eigenvalue weighted by atomic mass is 10.1. The van der Waals surface area contributed by atoms with E-state index in [1.54, 1.807) is 36.4 Å². The molecular weight excluding hydrogens is 356 g/mol. The molecule has 3 rings (SSSR count). The van der Waals surface area contributed by atoms with Crippen molar-refractivity contribution in [2.45, 2.75) is 13.3 Å². The van der Waals surface area contributed by atoms with Crippen LogP contribution < -0.4 is 15.0 Å². The Kier molecular flexibility index (Phi) is 5.56. The zero-order chi connectivity index (χ0) is 20.1. The largest absolute Gasteiger partial charge is 0.481 e. The Morgan fingerprint density at radius 3 is 2.57 bits per heavy atom. The van der Waals surface area contributed by atoms with Crippen LogP contribution in [0.1, 0.15) is 18.1 Å². The lowest BCUT2D eigenvalue weighted by molar-refractivity contribution is -0.122. The quantitative estimate of drug-likeness (QED) is 0.496. The van der Waals surface area contributed by atoms with Gasteiger partial charge >= 0.3 is 6.03 Å². The Morgan fingerprint density at radius 1 is 1.14 bits per heavy atom. The molecule has 1 N–H and O–H groups in total. The fourth-order valence-electron chi connectivity index (χ4n) is 2.76. The molecule has 0 radical (unpaired) electrons. The molecule has 2 aromatic carbocycles. The second-order valence-corrected chi connectivity index (χ2v) is 6.04. The van der Waals surface area contributed by atoms with Gasteiger partial charge in [0.05, 0.1) is 5.69 Å². The van der Waals surface area contributed by atoms with Crippen molar-refractivity contribution >= 4 is 29.6 Å². The summed E-state index contributed by atoms with van der Waals surface area (Å²) in [5, 5.41) is 2.21. The summed E-state index contributed by atoms with van der Waals surface area (Å²) in [6, 6.07) is 13.1.